The summed E-state index contributed by atoms with van der Waals surface area (Å²) in [5, 5.41) is 8.38. The average molecular weight is 264 g/mol. The molecule has 0 amide bonds. The summed E-state index contributed by atoms with van der Waals surface area (Å²) in [7, 11) is 0. The predicted molar refractivity (Wildman–Crippen MR) is 73.9 cm³/mol. The standard InChI is InChI=1S/C14H18ClN3/c1-3-6-14-13(9-15)16-17-18(14)10-12-8-5-4-7-11(12)2/h4-5,7-8H,3,6,9-10H2,1-2H3. The van der Waals surface area contributed by atoms with Crippen LogP contribution in [-0.2, 0) is 18.8 Å². The molecule has 0 atom stereocenters. The van der Waals surface area contributed by atoms with Crippen LogP contribution in [0.3, 0.4) is 0 Å². The van der Waals surface area contributed by atoms with Crippen molar-refractivity contribution in [1.29, 1.82) is 0 Å². The van der Waals surface area contributed by atoms with E-state index in [-0.39, 0.29) is 0 Å². The van der Waals surface area contributed by atoms with Gasteiger partial charge < -0.3 is 0 Å². The summed E-state index contributed by atoms with van der Waals surface area (Å²) < 4.78 is 1.98. The molecule has 0 unspecified atom stereocenters. The van der Waals surface area contributed by atoms with Gasteiger partial charge in [0.1, 0.15) is 5.69 Å². The Morgan fingerprint density at radius 2 is 2.06 bits per heavy atom. The fraction of sp³-hybridized carbons (Fsp3) is 0.429. The van der Waals surface area contributed by atoms with Crippen LogP contribution in [0.2, 0.25) is 0 Å². The zero-order valence-electron chi connectivity index (χ0n) is 10.9. The molecule has 2 rings (SSSR count). The number of benzene rings is 1. The lowest BCUT2D eigenvalue weighted by Gasteiger charge is -2.08. The average Bonchev–Trinajstić information content (AvgIpc) is 2.75. The number of aryl methyl sites for hydroxylation is 1. The fourth-order valence-electron chi connectivity index (χ4n) is 2.06. The highest BCUT2D eigenvalue weighted by molar-refractivity contribution is 6.16. The van der Waals surface area contributed by atoms with E-state index < -0.39 is 0 Å². The molecule has 18 heavy (non-hydrogen) atoms. The Morgan fingerprint density at radius 3 is 2.72 bits per heavy atom. The maximum absolute atomic E-state index is 5.90. The third-order valence-electron chi connectivity index (χ3n) is 3.11. The summed E-state index contributed by atoms with van der Waals surface area (Å²) in [5.74, 6) is 0.434. The van der Waals surface area contributed by atoms with Crippen molar-refractivity contribution in [3.05, 3.63) is 46.8 Å². The van der Waals surface area contributed by atoms with Gasteiger partial charge in [0, 0.05) is 0 Å². The Balaban J connectivity index is 2.29. The van der Waals surface area contributed by atoms with Crippen molar-refractivity contribution >= 4 is 11.6 Å². The van der Waals surface area contributed by atoms with E-state index >= 15 is 0 Å². The van der Waals surface area contributed by atoms with Gasteiger partial charge in [-0.15, -0.1) is 16.7 Å². The van der Waals surface area contributed by atoms with Crippen LogP contribution in [0.4, 0.5) is 0 Å². The Morgan fingerprint density at radius 1 is 1.28 bits per heavy atom. The van der Waals surface area contributed by atoms with E-state index in [1.54, 1.807) is 0 Å². The molecule has 0 aliphatic rings. The molecule has 0 fully saturated rings. The topological polar surface area (TPSA) is 30.7 Å². The lowest BCUT2D eigenvalue weighted by atomic mass is 10.1. The van der Waals surface area contributed by atoms with Crippen molar-refractivity contribution in [2.24, 2.45) is 0 Å². The molecule has 96 valence electrons. The van der Waals surface area contributed by atoms with Crippen LogP contribution in [0.15, 0.2) is 24.3 Å². The zero-order valence-corrected chi connectivity index (χ0v) is 11.6. The summed E-state index contributed by atoms with van der Waals surface area (Å²) in [6.45, 7) is 5.04. The number of aromatic nitrogens is 3. The van der Waals surface area contributed by atoms with Gasteiger partial charge in [0.15, 0.2) is 0 Å². The maximum Gasteiger partial charge on any atom is 0.101 e. The molecular weight excluding hydrogens is 246 g/mol. The minimum absolute atomic E-state index is 0.434. The van der Waals surface area contributed by atoms with Crippen LogP contribution in [-0.4, -0.2) is 15.0 Å². The molecule has 0 N–H and O–H groups in total. The third kappa shape index (κ3) is 2.72. The summed E-state index contributed by atoms with van der Waals surface area (Å²) >= 11 is 5.90. The van der Waals surface area contributed by atoms with Gasteiger partial charge in [-0.25, -0.2) is 4.68 Å². The van der Waals surface area contributed by atoms with Crippen LogP contribution >= 0.6 is 11.6 Å². The highest BCUT2D eigenvalue weighted by Crippen LogP contribution is 2.14. The number of rotatable bonds is 5. The first-order chi connectivity index (χ1) is 8.76. The van der Waals surface area contributed by atoms with Gasteiger partial charge >= 0.3 is 0 Å². The second kappa shape index (κ2) is 6.01. The molecule has 0 spiro atoms. The van der Waals surface area contributed by atoms with Crippen LogP contribution in [0.5, 0.6) is 0 Å². The fourth-order valence-corrected chi connectivity index (χ4v) is 2.27. The van der Waals surface area contributed by atoms with Gasteiger partial charge in [0.2, 0.25) is 0 Å². The van der Waals surface area contributed by atoms with E-state index in [1.807, 2.05) is 4.68 Å². The summed E-state index contributed by atoms with van der Waals surface area (Å²) in [6.07, 6.45) is 2.05. The molecule has 1 aromatic carbocycles. The number of nitrogens with zero attached hydrogens (tertiary/aromatic N) is 3. The van der Waals surface area contributed by atoms with E-state index in [4.69, 9.17) is 11.6 Å². The second-order valence-electron chi connectivity index (χ2n) is 4.45. The molecule has 3 nitrogen and oxygen atoms in total. The zero-order chi connectivity index (χ0) is 13.0. The Kier molecular flexibility index (Phi) is 4.37. The number of hydrogen-bond donors (Lipinski definition) is 0. The Labute approximate surface area is 113 Å². The monoisotopic (exact) mass is 263 g/mol. The molecule has 1 heterocycles. The number of halogens is 1. The van der Waals surface area contributed by atoms with Crippen molar-refractivity contribution in [2.75, 3.05) is 0 Å². The number of alkyl halides is 1. The minimum atomic E-state index is 0.434. The Bertz CT molecular complexity index is 520. The van der Waals surface area contributed by atoms with Crippen molar-refractivity contribution in [2.45, 2.75) is 39.1 Å². The predicted octanol–water partition coefficient (Wildman–Crippen LogP) is 3.33. The lowest BCUT2D eigenvalue weighted by molar-refractivity contribution is 0.611. The quantitative estimate of drug-likeness (QED) is 0.775. The van der Waals surface area contributed by atoms with E-state index in [2.05, 4.69) is 48.4 Å². The highest BCUT2D eigenvalue weighted by atomic mass is 35.5. The summed E-state index contributed by atoms with van der Waals surface area (Å²) in [4.78, 5) is 0. The van der Waals surface area contributed by atoms with Crippen LogP contribution in [0.25, 0.3) is 0 Å². The molecule has 1 aromatic heterocycles. The third-order valence-corrected chi connectivity index (χ3v) is 3.37. The molecule has 4 heteroatoms. The van der Waals surface area contributed by atoms with E-state index in [0.717, 1.165) is 30.8 Å². The molecule has 0 bridgehead atoms. The van der Waals surface area contributed by atoms with Gasteiger partial charge in [-0.2, -0.15) is 0 Å². The van der Waals surface area contributed by atoms with Gasteiger partial charge in [-0.1, -0.05) is 42.8 Å². The molecular formula is C14H18ClN3. The molecule has 0 aliphatic carbocycles. The van der Waals surface area contributed by atoms with Gasteiger partial charge in [-0.05, 0) is 24.5 Å². The minimum Gasteiger partial charge on any atom is -0.245 e. The molecule has 2 aromatic rings. The molecule has 0 saturated heterocycles. The van der Waals surface area contributed by atoms with Gasteiger partial charge in [0.25, 0.3) is 0 Å². The van der Waals surface area contributed by atoms with Crippen LogP contribution < -0.4 is 0 Å². The van der Waals surface area contributed by atoms with Crippen molar-refractivity contribution in [3.8, 4) is 0 Å². The van der Waals surface area contributed by atoms with Gasteiger partial charge in [-0.3, -0.25) is 0 Å². The lowest BCUT2D eigenvalue weighted by Crippen LogP contribution is -2.08. The van der Waals surface area contributed by atoms with Crippen molar-refractivity contribution < 1.29 is 0 Å². The van der Waals surface area contributed by atoms with Crippen LogP contribution in [0.1, 0.15) is 35.9 Å². The van der Waals surface area contributed by atoms with Crippen molar-refractivity contribution in [1.82, 2.24) is 15.0 Å². The first-order valence-electron chi connectivity index (χ1n) is 6.28. The normalized spacial score (nSPS) is 10.8. The number of hydrogen-bond acceptors (Lipinski definition) is 2. The van der Waals surface area contributed by atoms with Gasteiger partial charge in [0.05, 0.1) is 18.1 Å². The highest BCUT2D eigenvalue weighted by Gasteiger charge is 2.11. The van der Waals surface area contributed by atoms with Crippen LogP contribution in [0, 0.1) is 6.92 Å². The first kappa shape index (κ1) is 13.1. The first-order valence-corrected chi connectivity index (χ1v) is 6.81. The SMILES string of the molecule is CCCc1c(CCl)nnn1Cc1ccccc1C. The van der Waals surface area contributed by atoms with Crippen molar-refractivity contribution in [3.63, 3.8) is 0 Å². The maximum atomic E-state index is 5.90. The molecule has 0 aliphatic heterocycles. The van der Waals surface area contributed by atoms with E-state index in [1.165, 1.54) is 11.1 Å². The largest absolute Gasteiger partial charge is 0.245 e. The van der Waals surface area contributed by atoms with E-state index in [0.29, 0.717) is 5.88 Å². The summed E-state index contributed by atoms with van der Waals surface area (Å²) in [5.41, 5.74) is 4.63. The smallest absolute Gasteiger partial charge is 0.101 e. The van der Waals surface area contributed by atoms with E-state index in [9.17, 15) is 0 Å². The molecule has 0 saturated carbocycles. The second-order valence-corrected chi connectivity index (χ2v) is 4.72. The Hall–Kier alpha value is -1.35. The molecule has 0 radical (unpaired) electrons. The summed E-state index contributed by atoms with van der Waals surface area (Å²) in [6, 6.07) is 8.36.